The summed E-state index contributed by atoms with van der Waals surface area (Å²) < 4.78 is 13.6. The number of hydrogen-bond donors (Lipinski definition) is 1. The fourth-order valence-corrected chi connectivity index (χ4v) is 1.93. The highest BCUT2D eigenvalue weighted by molar-refractivity contribution is 4.75. The maximum absolute atomic E-state index is 13.6. The van der Waals surface area contributed by atoms with Gasteiger partial charge in [0.15, 0.2) is 0 Å². The predicted molar refractivity (Wildman–Crippen MR) is 54.6 cm³/mol. The highest BCUT2D eigenvalue weighted by Gasteiger charge is 2.22. The van der Waals surface area contributed by atoms with Crippen LogP contribution in [-0.4, -0.2) is 19.3 Å². The number of hydrogen-bond acceptors (Lipinski definition) is 1. The molecule has 1 unspecified atom stereocenters. The van der Waals surface area contributed by atoms with E-state index in [1.807, 2.05) is 0 Å². The first-order valence-electron chi connectivity index (χ1n) is 5.55. The molecule has 1 aliphatic heterocycles. The monoisotopic (exact) mass is 187 g/mol. The number of alkyl halides is 1. The van der Waals surface area contributed by atoms with Crippen LogP contribution in [0.4, 0.5) is 4.39 Å². The fourth-order valence-electron chi connectivity index (χ4n) is 1.93. The molecule has 1 rings (SSSR count). The molecule has 1 heterocycles. The number of nitrogens with one attached hydrogen (secondary N) is 1. The third-order valence-electron chi connectivity index (χ3n) is 2.92. The van der Waals surface area contributed by atoms with Crippen molar-refractivity contribution in [3.63, 3.8) is 0 Å². The van der Waals surface area contributed by atoms with Gasteiger partial charge < -0.3 is 5.32 Å². The van der Waals surface area contributed by atoms with E-state index in [-0.39, 0.29) is 0 Å². The van der Waals surface area contributed by atoms with Crippen LogP contribution in [0, 0.1) is 11.8 Å². The van der Waals surface area contributed by atoms with Crippen LogP contribution in [0.5, 0.6) is 0 Å². The SMILES string of the molecule is CC(C)CCC(F)C1CCNCC1. The summed E-state index contributed by atoms with van der Waals surface area (Å²) >= 11 is 0. The number of piperidine rings is 1. The normalized spacial score (nSPS) is 22.2. The quantitative estimate of drug-likeness (QED) is 0.713. The lowest BCUT2D eigenvalue weighted by atomic mass is 9.89. The molecule has 0 aromatic rings. The van der Waals surface area contributed by atoms with Crippen molar-refractivity contribution in [2.45, 2.75) is 45.7 Å². The van der Waals surface area contributed by atoms with E-state index in [0.717, 1.165) is 38.8 Å². The molecule has 78 valence electrons. The molecule has 1 aliphatic rings. The van der Waals surface area contributed by atoms with Crippen LogP contribution in [0.2, 0.25) is 0 Å². The second-order valence-electron chi connectivity index (χ2n) is 4.57. The van der Waals surface area contributed by atoms with Gasteiger partial charge in [0.1, 0.15) is 6.17 Å². The van der Waals surface area contributed by atoms with Crippen LogP contribution in [0.15, 0.2) is 0 Å². The molecule has 0 radical (unpaired) electrons. The van der Waals surface area contributed by atoms with Gasteiger partial charge in [0.2, 0.25) is 0 Å². The Morgan fingerprint density at radius 2 is 1.85 bits per heavy atom. The molecule has 0 saturated carbocycles. The van der Waals surface area contributed by atoms with Crippen molar-refractivity contribution < 1.29 is 4.39 Å². The van der Waals surface area contributed by atoms with Gasteiger partial charge in [0.25, 0.3) is 0 Å². The first-order valence-corrected chi connectivity index (χ1v) is 5.55. The molecular weight excluding hydrogens is 165 g/mol. The molecule has 1 fully saturated rings. The molecule has 0 aliphatic carbocycles. The zero-order chi connectivity index (χ0) is 9.68. The lowest BCUT2D eigenvalue weighted by Crippen LogP contribution is -2.32. The van der Waals surface area contributed by atoms with Gasteiger partial charge in [-0.3, -0.25) is 0 Å². The highest BCUT2D eigenvalue weighted by atomic mass is 19.1. The van der Waals surface area contributed by atoms with Gasteiger partial charge in [-0.15, -0.1) is 0 Å². The van der Waals surface area contributed by atoms with Crippen molar-refractivity contribution in [3.8, 4) is 0 Å². The molecule has 1 nitrogen and oxygen atoms in total. The Morgan fingerprint density at radius 1 is 1.23 bits per heavy atom. The maximum Gasteiger partial charge on any atom is 0.103 e. The van der Waals surface area contributed by atoms with E-state index in [9.17, 15) is 4.39 Å². The van der Waals surface area contributed by atoms with Gasteiger partial charge in [-0.2, -0.15) is 0 Å². The summed E-state index contributed by atoms with van der Waals surface area (Å²) in [5, 5.41) is 3.27. The molecule has 2 heteroatoms. The summed E-state index contributed by atoms with van der Waals surface area (Å²) in [4.78, 5) is 0. The van der Waals surface area contributed by atoms with E-state index in [4.69, 9.17) is 0 Å². The molecule has 1 atom stereocenters. The van der Waals surface area contributed by atoms with Crippen LogP contribution < -0.4 is 5.32 Å². The summed E-state index contributed by atoms with van der Waals surface area (Å²) in [7, 11) is 0. The molecule has 0 bridgehead atoms. The summed E-state index contributed by atoms with van der Waals surface area (Å²) in [6, 6.07) is 0. The van der Waals surface area contributed by atoms with Crippen molar-refractivity contribution >= 4 is 0 Å². The Hall–Kier alpha value is -0.110. The third-order valence-corrected chi connectivity index (χ3v) is 2.92. The largest absolute Gasteiger partial charge is 0.317 e. The van der Waals surface area contributed by atoms with Gasteiger partial charge in [-0.25, -0.2) is 4.39 Å². The Kier molecular flexibility index (Phi) is 4.71. The summed E-state index contributed by atoms with van der Waals surface area (Å²) in [6.45, 7) is 6.34. The van der Waals surface area contributed by atoms with Crippen molar-refractivity contribution in [1.82, 2.24) is 5.32 Å². The van der Waals surface area contributed by atoms with E-state index in [0.29, 0.717) is 11.8 Å². The van der Waals surface area contributed by atoms with Crippen LogP contribution in [0.3, 0.4) is 0 Å². The molecule has 0 aromatic heterocycles. The molecule has 0 amide bonds. The Balaban J connectivity index is 2.17. The highest BCUT2D eigenvalue weighted by Crippen LogP contribution is 2.23. The molecular formula is C11H22FN. The van der Waals surface area contributed by atoms with E-state index in [1.54, 1.807) is 0 Å². The lowest BCUT2D eigenvalue weighted by molar-refractivity contribution is 0.170. The van der Waals surface area contributed by atoms with Gasteiger partial charge >= 0.3 is 0 Å². The lowest BCUT2D eigenvalue weighted by Gasteiger charge is -2.26. The van der Waals surface area contributed by atoms with Gasteiger partial charge in [-0.1, -0.05) is 13.8 Å². The van der Waals surface area contributed by atoms with Crippen molar-refractivity contribution in [3.05, 3.63) is 0 Å². The maximum atomic E-state index is 13.6. The average Bonchev–Trinajstić information content (AvgIpc) is 2.15. The second kappa shape index (κ2) is 5.58. The van der Waals surface area contributed by atoms with Crippen LogP contribution in [-0.2, 0) is 0 Å². The van der Waals surface area contributed by atoms with E-state index in [1.165, 1.54) is 0 Å². The zero-order valence-corrected chi connectivity index (χ0v) is 8.85. The fraction of sp³-hybridized carbons (Fsp3) is 1.00. The Morgan fingerprint density at radius 3 is 2.38 bits per heavy atom. The minimum atomic E-state index is -0.551. The number of halogens is 1. The number of rotatable bonds is 4. The van der Waals surface area contributed by atoms with E-state index < -0.39 is 6.17 Å². The van der Waals surface area contributed by atoms with Crippen LogP contribution in [0.1, 0.15) is 39.5 Å². The molecule has 13 heavy (non-hydrogen) atoms. The predicted octanol–water partition coefficient (Wildman–Crippen LogP) is 2.76. The summed E-state index contributed by atoms with van der Waals surface area (Å²) in [6.07, 6.45) is 3.30. The topological polar surface area (TPSA) is 12.0 Å². The van der Waals surface area contributed by atoms with Crippen LogP contribution >= 0.6 is 0 Å². The van der Waals surface area contributed by atoms with Gasteiger partial charge in [-0.05, 0) is 50.6 Å². The van der Waals surface area contributed by atoms with Crippen molar-refractivity contribution in [2.24, 2.45) is 11.8 Å². The minimum Gasteiger partial charge on any atom is -0.317 e. The standard InChI is InChI=1S/C11H22FN/c1-9(2)3-4-11(12)10-5-7-13-8-6-10/h9-11,13H,3-8H2,1-2H3. The van der Waals surface area contributed by atoms with Gasteiger partial charge in [0, 0.05) is 0 Å². The van der Waals surface area contributed by atoms with Crippen molar-refractivity contribution in [1.29, 1.82) is 0 Å². The Labute approximate surface area is 81.1 Å². The first-order chi connectivity index (χ1) is 6.20. The van der Waals surface area contributed by atoms with E-state index >= 15 is 0 Å². The molecule has 0 spiro atoms. The minimum absolute atomic E-state index is 0.333. The Bertz CT molecular complexity index is 130. The molecule has 0 aromatic carbocycles. The first kappa shape index (κ1) is 11.0. The summed E-state index contributed by atoms with van der Waals surface area (Å²) in [5.74, 6) is 0.972. The molecule has 1 N–H and O–H groups in total. The zero-order valence-electron chi connectivity index (χ0n) is 8.85. The average molecular weight is 187 g/mol. The molecule has 1 saturated heterocycles. The second-order valence-corrected chi connectivity index (χ2v) is 4.57. The van der Waals surface area contributed by atoms with E-state index in [2.05, 4.69) is 19.2 Å². The van der Waals surface area contributed by atoms with Crippen molar-refractivity contribution in [2.75, 3.05) is 13.1 Å². The van der Waals surface area contributed by atoms with Crippen LogP contribution in [0.25, 0.3) is 0 Å². The van der Waals surface area contributed by atoms with Gasteiger partial charge in [0.05, 0.1) is 0 Å². The third kappa shape index (κ3) is 4.08. The smallest absolute Gasteiger partial charge is 0.103 e. The summed E-state index contributed by atoms with van der Waals surface area (Å²) in [5.41, 5.74) is 0.